The van der Waals surface area contributed by atoms with Gasteiger partial charge >= 0.3 is 0 Å². The third-order valence-electron chi connectivity index (χ3n) is 4.05. The second kappa shape index (κ2) is 8.54. The van der Waals surface area contributed by atoms with Gasteiger partial charge in [0.05, 0.1) is 29.0 Å². The van der Waals surface area contributed by atoms with Crippen LogP contribution in [0, 0.1) is 10.1 Å². The van der Waals surface area contributed by atoms with Gasteiger partial charge in [0, 0.05) is 16.7 Å². The molecule has 1 saturated heterocycles. The molecule has 1 fully saturated rings. The Bertz CT molecular complexity index is 1040. The number of imide groups is 1. The summed E-state index contributed by atoms with van der Waals surface area (Å²) in [5, 5.41) is 21.4. The number of benzene rings is 2. The lowest BCUT2D eigenvalue weighted by Crippen LogP contribution is -2.27. The Morgan fingerprint density at radius 1 is 1.31 bits per heavy atom. The Morgan fingerprint density at radius 3 is 2.69 bits per heavy atom. The highest BCUT2D eigenvalue weighted by Gasteiger charge is 2.35. The van der Waals surface area contributed by atoms with Gasteiger partial charge in [0.2, 0.25) is 0 Å². The number of nitrogens with zero attached hydrogens (tertiary/aromatic N) is 2. The molecule has 10 heteroatoms. The van der Waals surface area contributed by atoms with E-state index in [1.165, 1.54) is 6.08 Å². The normalized spacial score (nSPS) is 15.2. The molecular weight excluding hydrogens is 420 g/mol. The van der Waals surface area contributed by atoms with E-state index in [2.05, 4.69) is 0 Å². The number of carbonyl (C=O) groups excluding carboxylic acids is 2. The fourth-order valence-corrected chi connectivity index (χ4v) is 3.69. The van der Waals surface area contributed by atoms with Crippen LogP contribution in [0.25, 0.3) is 6.08 Å². The van der Waals surface area contributed by atoms with Gasteiger partial charge in [0.1, 0.15) is 0 Å². The maximum absolute atomic E-state index is 12.7. The van der Waals surface area contributed by atoms with Gasteiger partial charge in [-0.3, -0.25) is 24.6 Å². The number of ether oxygens (including phenoxy) is 1. The van der Waals surface area contributed by atoms with Crippen LogP contribution in [-0.4, -0.2) is 32.7 Å². The number of rotatable bonds is 6. The second-order valence-corrected chi connectivity index (χ2v) is 7.33. The van der Waals surface area contributed by atoms with Crippen molar-refractivity contribution in [3.63, 3.8) is 0 Å². The number of carbonyl (C=O) groups is 2. The molecule has 0 radical (unpaired) electrons. The maximum atomic E-state index is 12.7. The van der Waals surface area contributed by atoms with Crippen molar-refractivity contribution in [1.29, 1.82) is 0 Å². The molecule has 2 aromatic rings. The number of phenolic OH excluding ortho intramolecular Hbond substituents is 1. The van der Waals surface area contributed by atoms with Crippen LogP contribution in [0.3, 0.4) is 0 Å². The fraction of sp³-hybridized carbons (Fsp3) is 0.158. The van der Waals surface area contributed by atoms with Crippen LogP contribution in [0.15, 0.2) is 41.3 Å². The quantitative estimate of drug-likeness (QED) is 0.402. The number of nitro groups is 1. The zero-order valence-corrected chi connectivity index (χ0v) is 16.7. The minimum absolute atomic E-state index is 0.00546. The van der Waals surface area contributed by atoms with Crippen molar-refractivity contribution in [3.8, 4) is 11.5 Å². The van der Waals surface area contributed by atoms with Crippen LogP contribution >= 0.6 is 23.4 Å². The first-order chi connectivity index (χ1) is 13.8. The first kappa shape index (κ1) is 20.7. The van der Waals surface area contributed by atoms with E-state index in [9.17, 15) is 24.8 Å². The average molecular weight is 435 g/mol. The number of aromatic hydroxyl groups is 1. The monoisotopic (exact) mass is 434 g/mol. The molecule has 0 aliphatic carbocycles. The third-order valence-corrected chi connectivity index (χ3v) is 5.32. The highest BCUT2D eigenvalue weighted by molar-refractivity contribution is 8.18. The number of amides is 2. The molecule has 1 N–H and O–H groups in total. The lowest BCUT2D eigenvalue weighted by Gasteiger charge is -2.13. The summed E-state index contributed by atoms with van der Waals surface area (Å²) in [6.07, 6.45) is 1.24. The van der Waals surface area contributed by atoms with Crippen LogP contribution in [0.4, 0.5) is 10.5 Å². The van der Waals surface area contributed by atoms with E-state index >= 15 is 0 Å². The van der Waals surface area contributed by atoms with Gasteiger partial charge in [-0.25, -0.2) is 0 Å². The van der Waals surface area contributed by atoms with Gasteiger partial charge in [-0.2, -0.15) is 0 Å². The van der Waals surface area contributed by atoms with Crippen LogP contribution in [-0.2, 0) is 11.3 Å². The lowest BCUT2D eigenvalue weighted by molar-refractivity contribution is -0.385. The molecule has 0 aromatic heterocycles. The molecule has 1 heterocycles. The lowest BCUT2D eigenvalue weighted by atomic mass is 10.1. The Hall–Kier alpha value is -3.04. The molecule has 0 bridgehead atoms. The smallest absolute Gasteiger partial charge is 0.293 e. The average Bonchev–Trinajstić information content (AvgIpc) is 2.94. The predicted molar refractivity (Wildman–Crippen MR) is 109 cm³/mol. The zero-order valence-electron chi connectivity index (χ0n) is 15.1. The Labute approximate surface area is 174 Å². The highest BCUT2D eigenvalue weighted by atomic mass is 35.5. The topological polar surface area (TPSA) is 110 Å². The SMILES string of the molecule is CCOc1cc([N+](=O)[O-])cc(/C=C2\SC(=O)N(Cc3ccccc3Cl)C2=O)c1O. The molecule has 0 unspecified atom stereocenters. The third kappa shape index (κ3) is 4.36. The summed E-state index contributed by atoms with van der Waals surface area (Å²) in [5.41, 5.74) is 0.299. The van der Waals surface area contributed by atoms with Crippen molar-refractivity contribution in [2.75, 3.05) is 6.61 Å². The molecule has 1 aliphatic heterocycles. The summed E-state index contributed by atoms with van der Waals surface area (Å²) < 4.78 is 5.23. The number of hydrogen-bond donors (Lipinski definition) is 1. The summed E-state index contributed by atoms with van der Waals surface area (Å²) in [6, 6.07) is 9.05. The Morgan fingerprint density at radius 2 is 2.03 bits per heavy atom. The van der Waals surface area contributed by atoms with E-state index in [4.69, 9.17) is 16.3 Å². The van der Waals surface area contributed by atoms with Crippen molar-refractivity contribution >= 4 is 46.3 Å². The Kier molecular flexibility index (Phi) is 6.09. The van der Waals surface area contributed by atoms with Crippen molar-refractivity contribution in [2.45, 2.75) is 13.5 Å². The summed E-state index contributed by atoms with van der Waals surface area (Å²) in [4.78, 5) is 36.6. The molecule has 2 aromatic carbocycles. The standard InChI is InChI=1S/C19H15ClN2O6S/c1-2-28-15-9-13(22(26)27)7-12(17(15)23)8-16-18(24)21(19(25)29-16)10-11-5-3-4-6-14(11)20/h3-9,23H,2,10H2,1H3/b16-8-. The number of halogens is 1. The highest BCUT2D eigenvalue weighted by Crippen LogP contribution is 2.39. The summed E-state index contributed by atoms with van der Waals surface area (Å²) in [7, 11) is 0. The molecule has 29 heavy (non-hydrogen) atoms. The van der Waals surface area contributed by atoms with E-state index < -0.39 is 16.1 Å². The van der Waals surface area contributed by atoms with E-state index in [-0.39, 0.29) is 40.8 Å². The molecule has 150 valence electrons. The molecule has 2 amide bonds. The molecule has 3 rings (SSSR count). The van der Waals surface area contributed by atoms with Gasteiger partial charge < -0.3 is 9.84 Å². The second-order valence-electron chi connectivity index (χ2n) is 5.93. The number of hydrogen-bond acceptors (Lipinski definition) is 7. The number of thioether (sulfide) groups is 1. The van der Waals surface area contributed by atoms with Crippen molar-refractivity contribution in [1.82, 2.24) is 4.90 Å². The fourth-order valence-electron chi connectivity index (χ4n) is 2.67. The van der Waals surface area contributed by atoms with Gasteiger partial charge in [0.15, 0.2) is 11.5 Å². The van der Waals surface area contributed by atoms with E-state index in [1.807, 2.05) is 0 Å². The van der Waals surface area contributed by atoms with Crippen LogP contribution in [0.1, 0.15) is 18.1 Å². The molecule has 0 atom stereocenters. The number of non-ortho nitro benzene ring substituents is 1. The summed E-state index contributed by atoms with van der Waals surface area (Å²) >= 11 is 6.78. The van der Waals surface area contributed by atoms with Crippen LogP contribution < -0.4 is 4.74 Å². The number of phenols is 1. The van der Waals surface area contributed by atoms with Gasteiger partial charge in [0.25, 0.3) is 16.8 Å². The molecule has 0 spiro atoms. The minimum atomic E-state index is -0.636. The molecule has 1 aliphatic rings. The largest absolute Gasteiger partial charge is 0.504 e. The van der Waals surface area contributed by atoms with Crippen molar-refractivity contribution in [2.24, 2.45) is 0 Å². The predicted octanol–water partition coefficient (Wildman–Crippen LogP) is 4.59. The Balaban J connectivity index is 1.95. The minimum Gasteiger partial charge on any atom is -0.504 e. The van der Waals surface area contributed by atoms with E-state index in [0.717, 1.165) is 17.0 Å². The van der Waals surface area contributed by atoms with Gasteiger partial charge in [-0.05, 0) is 36.4 Å². The van der Waals surface area contributed by atoms with Crippen LogP contribution in [0.2, 0.25) is 5.02 Å². The maximum Gasteiger partial charge on any atom is 0.293 e. The summed E-state index contributed by atoms with van der Waals surface area (Å²) in [5.74, 6) is -1.01. The molecule has 8 nitrogen and oxygen atoms in total. The van der Waals surface area contributed by atoms with Gasteiger partial charge in [-0.15, -0.1) is 0 Å². The van der Waals surface area contributed by atoms with Gasteiger partial charge in [-0.1, -0.05) is 29.8 Å². The first-order valence-electron chi connectivity index (χ1n) is 8.44. The van der Waals surface area contributed by atoms with E-state index in [1.54, 1.807) is 31.2 Å². The molecule has 0 saturated carbocycles. The zero-order chi connectivity index (χ0) is 21.1. The molecular formula is C19H15ClN2O6S. The van der Waals surface area contributed by atoms with Crippen molar-refractivity contribution in [3.05, 3.63) is 67.6 Å². The van der Waals surface area contributed by atoms with Crippen LogP contribution in [0.5, 0.6) is 11.5 Å². The number of nitro benzene ring substituents is 1. The van der Waals surface area contributed by atoms with Crippen molar-refractivity contribution < 1.29 is 24.4 Å². The first-order valence-corrected chi connectivity index (χ1v) is 9.64. The van der Waals surface area contributed by atoms with E-state index in [0.29, 0.717) is 22.3 Å². The summed E-state index contributed by atoms with van der Waals surface area (Å²) in [6.45, 7) is 1.84.